The molecule has 0 spiro atoms. The summed E-state index contributed by atoms with van der Waals surface area (Å²) in [4.78, 5) is 8.32. The maximum Gasteiger partial charge on any atom is 0.224 e. The van der Waals surface area contributed by atoms with Crippen LogP contribution >= 0.6 is 23.4 Å². The van der Waals surface area contributed by atoms with E-state index in [-0.39, 0.29) is 0 Å². The second-order valence-electron chi connectivity index (χ2n) is 3.66. The largest absolute Gasteiger partial charge is 0.368 e. The number of thioether (sulfide) groups is 1. The van der Waals surface area contributed by atoms with Gasteiger partial charge in [0.15, 0.2) is 5.82 Å². The molecule has 0 saturated carbocycles. The number of aromatic nitrogens is 2. The van der Waals surface area contributed by atoms with Crippen molar-refractivity contribution >= 4 is 35.1 Å². The molecule has 0 amide bonds. The van der Waals surface area contributed by atoms with Gasteiger partial charge in [-0.2, -0.15) is 16.7 Å². The quantitative estimate of drug-likeness (QED) is 0.869. The van der Waals surface area contributed by atoms with Crippen LogP contribution in [0.4, 0.5) is 11.8 Å². The third-order valence-electron chi connectivity index (χ3n) is 2.49. The Kier molecular flexibility index (Phi) is 4.12. The molecule has 1 aromatic rings. The lowest BCUT2D eigenvalue weighted by Gasteiger charge is -2.12. The molecule has 1 aliphatic heterocycles. The maximum absolute atomic E-state index is 6.02. The van der Waals surface area contributed by atoms with Gasteiger partial charge in [-0.25, -0.2) is 4.98 Å². The summed E-state index contributed by atoms with van der Waals surface area (Å²) in [6.07, 6.45) is 4.21. The van der Waals surface area contributed by atoms with E-state index in [9.17, 15) is 0 Å². The summed E-state index contributed by atoms with van der Waals surface area (Å²) in [6, 6.07) is 0. The lowest BCUT2D eigenvalue weighted by molar-refractivity contribution is 0.803. The summed E-state index contributed by atoms with van der Waals surface area (Å²) in [7, 11) is 1.79. The summed E-state index contributed by atoms with van der Waals surface area (Å²) in [5, 5.41) is 7.44. The first-order valence-electron chi connectivity index (χ1n) is 5.35. The first-order chi connectivity index (χ1) is 7.79. The van der Waals surface area contributed by atoms with E-state index in [1.54, 1.807) is 13.2 Å². The molecular weight excluding hydrogens is 244 g/mol. The van der Waals surface area contributed by atoms with Gasteiger partial charge in [0.2, 0.25) is 5.95 Å². The highest BCUT2D eigenvalue weighted by molar-refractivity contribution is 8.00. The van der Waals surface area contributed by atoms with Crippen LogP contribution in [0, 0.1) is 0 Å². The van der Waals surface area contributed by atoms with E-state index in [2.05, 4.69) is 20.6 Å². The van der Waals surface area contributed by atoms with Crippen LogP contribution in [0.15, 0.2) is 6.20 Å². The van der Waals surface area contributed by atoms with Gasteiger partial charge < -0.3 is 10.6 Å². The van der Waals surface area contributed by atoms with Crippen LogP contribution in [0.5, 0.6) is 0 Å². The molecule has 16 heavy (non-hydrogen) atoms. The Morgan fingerprint density at radius 3 is 3.19 bits per heavy atom. The highest BCUT2D eigenvalue weighted by Gasteiger charge is 2.15. The minimum absolute atomic E-state index is 0.571. The van der Waals surface area contributed by atoms with Gasteiger partial charge in [0.25, 0.3) is 0 Å². The van der Waals surface area contributed by atoms with Gasteiger partial charge in [-0.05, 0) is 18.6 Å². The van der Waals surface area contributed by atoms with E-state index < -0.39 is 0 Å². The Bertz CT molecular complexity index is 355. The molecular formula is C10H15ClN4S. The molecule has 1 unspecified atom stereocenters. The van der Waals surface area contributed by atoms with Crippen LogP contribution in [0.1, 0.15) is 12.8 Å². The standard InChI is InChI=1S/C10H15ClN4S/c1-12-10-14-6-8(11)9(15-10)13-5-7-3-2-4-16-7/h6-7H,2-5H2,1H3,(H2,12,13,14,15). The fourth-order valence-corrected chi connectivity index (χ4v) is 2.99. The lowest BCUT2D eigenvalue weighted by Crippen LogP contribution is -2.15. The van der Waals surface area contributed by atoms with E-state index >= 15 is 0 Å². The molecule has 2 heterocycles. The molecule has 1 aliphatic rings. The fourth-order valence-electron chi connectivity index (χ4n) is 1.63. The lowest BCUT2D eigenvalue weighted by atomic mass is 10.2. The number of nitrogens with zero attached hydrogens (tertiary/aromatic N) is 2. The van der Waals surface area contributed by atoms with Crippen molar-refractivity contribution in [2.75, 3.05) is 30.0 Å². The number of nitrogens with one attached hydrogen (secondary N) is 2. The normalized spacial score (nSPS) is 19.8. The summed E-state index contributed by atoms with van der Waals surface area (Å²) in [6.45, 7) is 0.921. The predicted molar refractivity (Wildman–Crippen MR) is 70.6 cm³/mol. The van der Waals surface area contributed by atoms with E-state index in [1.165, 1.54) is 18.6 Å². The number of rotatable bonds is 4. The van der Waals surface area contributed by atoms with Gasteiger partial charge in [0, 0.05) is 18.8 Å². The minimum atomic E-state index is 0.571. The van der Waals surface area contributed by atoms with E-state index in [0.29, 0.717) is 22.0 Å². The fraction of sp³-hybridized carbons (Fsp3) is 0.600. The maximum atomic E-state index is 6.02. The van der Waals surface area contributed by atoms with Crippen molar-refractivity contribution in [1.82, 2.24) is 9.97 Å². The van der Waals surface area contributed by atoms with Crippen LogP contribution in [0.2, 0.25) is 5.02 Å². The topological polar surface area (TPSA) is 49.8 Å². The molecule has 0 aromatic carbocycles. The average molecular weight is 259 g/mol. The molecule has 2 N–H and O–H groups in total. The molecule has 4 nitrogen and oxygen atoms in total. The number of halogens is 1. The van der Waals surface area contributed by atoms with Gasteiger partial charge in [-0.15, -0.1) is 0 Å². The van der Waals surface area contributed by atoms with Crippen LogP contribution in [0.3, 0.4) is 0 Å². The molecule has 1 atom stereocenters. The number of hydrogen-bond acceptors (Lipinski definition) is 5. The van der Waals surface area contributed by atoms with Crippen LogP contribution < -0.4 is 10.6 Å². The zero-order chi connectivity index (χ0) is 11.4. The summed E-state index contributed by atoms with van der Waals surface area (Å²) < 4.78 is 0. The van der Waals surface area contributed by atoms with Gasteiger partial charge >= 0.3 is 0 Å². The Morgan fingerprint density at radius 2 is 2.50 bits per heavy atom. The van der Waals surface area contributed by atoms with Crippen LogP contribution in [-0.4, -0.2) is 34.6 Å². The average Bonchev–Trinajstić information content (AvgIpc) is 2.81. The third kappa shape index (κ3) is 2.92. The van der Waals surface area contributed by atoms with Crippen molar-refractivity contribution in [3.63, 3.8) is 0 Å². The zero-order valence-electron chi connectivity index (χ0n) is 9.16. The molecule has 1 saturated heterocycles. The predicted octanol–water partition coefficient (Wildman–Crippen LogP) is 2.48. The third-order valence-corrected chi connectivity index (χ3v) is 4.16. The van der Waals surface area contributed by atoms with Crippen molar-refractivity contribution in [3.8, 4) is 0 Å². The zero-order valence-corrected chi connectivity index (χ0v) is 10.7. The smallest absolute Gasteiger partial charge is 0.224 e. The Morgan fingerprint density at radius 1 is 1.62 bits per heavy atom. The van der Waals surface area contributed by atoms with Crippen molar-refractivity contribution in [2.24, 2.45) is 0 Å². The summed E-state index contributed by atoms with van der Waals surface area (Å²) >= 11 is 8.03. The summed E-state index contributed by atoms with van der Waals surface area (Å²) in [5.74, 6) is 2.57. The molecule has 0 aliphatic carbocycles. The second-order valence-corrected chi connectivity index (χ2v) is 5.47. The first-order valence-corrected chi connectivity index (χ1v) is 6.78. The van der Waals surface area contributed by atoms with Gasteiger partial charge in [0.1, 0.15) is 5.02 Å². The van der Waals surface area contributed by atoms with E-state index in [1.807, 2.05) is 11.8 Å². The SMILES string of the molecule is CNc1ncc(Cl)c(NCC2CCCS2)n1. The highest BCUT2D eigenvalue weighted by Crippen LogP contribution is 2.27. The number of hydrogen-bond donors (Lipinski definition) is 2. The Balaban J connectivity index is 1.96. The molecule has 1 fully saturated rings. The highest BCUT2D eigenvalue weighted by atomic mass is 35.5. The van der Waals surface area contributed by atoms with Crippen molar-refractivity contribution in [3.05, 3.63) is 11.2 Å². The molecule has 6 heteroatoms. The van der Waals surface area contributed by atoms with E-state index in [0.717, 1.165) is 6.54 Å². The summed E-state index contributed by atoms with van der Waals surface area (Å²) in [5.41, 5.74) is 0. The van der Waals surface area contributed by atoms with Gasteiger partial charge in [-0.1, -0.05) is 11.6 Å². The minimum Gasteiger partial charge on any atom is -0.368 e. The molecule has 2 rings (SSSR count). The Hall–Kier alpha value is -0.680. The molecule has 1 aromatic heterocycles. The molecule has 88 valence electrons. The first kappa shape index (κ1) is 11.8. The van der Waals surface area contributed by atoms with Crippen LogP contribution in [0.25, 0.3) is 0 Å². The van der Waals surface area contributed by atoms with E-state index in [4.69, 9.17) is 11.6 Å². The number of anilines is 2. The van der Waals surface area contributed by atoms with Gasteiger partial charge in [0.05, 0.1) is 6.20 Å². The second kappa shape index (κ2) is 5.59. The van der Waals surface area contributed by atoms with Crippen molar-refractivity contribution < 1.29 is 0 Å². The van der Waals surface area contributed by atoms with Crippen molar-refractivity contribution in [1.29, 1.82) is 0 Å². The van der Waals surface area contributed by atoms with Crippen LogP contribution in [-0.2, 0) is 0 Å². The van der Waals surface area contributed by atoms with Gasteiger partial charge in [-0.3, -0.25) is 0 Å². The Labute approximate surface area is 105 Å². The van der Waals surface area contributed by atoms with Crippen molar-refractivity contribution in [2.45, 2.75) is 18.1 Å². The molecule has 0 bridgehead atoms. The monoisotopic (exact) mass is 258 g/mol. The molecule has 0 radical (unpaired) electrons.